The van der Waals surface area contributed by atoms with Gasteiger partial charge in [0.25, 0.3) is 0 Å². The van der Waals surface area contributed by atoms with E-state index in [-0.39, 0.29) is 11.9 Å². The van der Waals surface area contributed by atoms with Gasteiger partial charge in [-0.3, -0.25) is 0 Å². The first-order valence-corrected chi connectivity index (χ1v) is 8.04. The maximum absolute atomic E-state index is 11.9. The number of nitrogens with zero attached hydrogens (tertiary/aromatic N) is 1. The number of benzene rings is 1. The number of ether oxygens (including phenoxy) is 2. The van der Waals surface area contributed by atoms with Crippen molar-refractivity contribution in [1.82, 2.24) is 4.31 Å². The van der Waals surface area contributed by atoms with Gasteiger partial charge in [-0.2, -0.15) is 4.31 Å². The number of likely N-dealkylation sites (N-methyl/N-ethyl adjacent to an activating group) is 1. The summed E-state index contributed by atoms with van der Waals surface area (Å²) in [5.41, 5.74) is 0. The predicted octanol–water partition coefficient (Wildman–Crippen LogP) is 1.50. The smallest absolute Gasteiger partial charge is 0.213 e. The summed E-state index contributed by atoms with van der Waals surface area (Å²) < 4.78 is 36.6. The van der Waals surface area contributed by atoms with Gasteiger partial charge in [-0.05, 0) is 19.1 Å². The minimum absolute atomic E-state index is 0.102. The van der Waals surface area contributed by atoms with Crippen molar-refractivity contribution >= 4 is 10.0 Å². The van der Waals surface area contributed by atoms with E-state index in [0.29, 0.717) is 31.2 Å². The van der Waals surface area contributed by atoms with E-state index in [1.165, 1.54) is 4.31 Å². The highest BCUT2D eigenvalue weighted by Gasteiger charge is 2.27. The molecule has 1 unspecified atom stereocenters. The summed E-state index contributed by atoms with van der Waals surface area (Å²) in [4.78, 5) is 0. The molecule has 1 atom stereocenters. The first-order chi connectivity index (χ1) is 9.06. The molecule has 0 spiro atoms. The molecule has 1 heterocycles. The minimum Gasteiger partial charge on any atom is -0.486 e. The molecule has 0 aromatic heterocycles. The lowest BCUT2D eigenvalue weighted by Gasteiger charge is -2.30. The maximum atomic E-state index is 11.9. The Morgan fingerprint density at radius 1 is 1.26 bits per heavy atom. The Balaban J connectivity index is 2.06. The fourth-order valence-electron chi connectivity index (χ4n) is 2.00. The topological polar surface area (TPSA) is 55.8 Å². The second-order valence-electron chi connectivity index (χ2n) is 4.35. The molecular weight excluding hydrogens is 266 g/mol. The Hall–Kier alpha value is -1.27. The van der Waals surface area contributed by atoms with Gasteiger partial charge in [-0.25, -0.2) is 8.42 Å². The minimum atomic E-state index is -3.19. The Morgan fingerprint density at radius 2 is 1.95 bits per heavy atom. The molecule has 5 nitrogen and oxygen atoms in total. The van der Waals surface area contributed by atoms with Crippen molar-refractivity contribution in [2.45, 2.75) is 20.0 Å². The van der Waals surface area contributed by atoms with Gasteiger partial charge in [0, 0.05) is 6.54 Å². The van der Waals surface area contributed by atoms with E-state index in [1.54, 1.807) is 6.92 Å². The largest absolute Gasteiger partial charge is 0.486 e. The number of hydrogen-bond acceptors (Lipinski definition) is 4. The molecule has 1 aliphatic rings. The molecule has 1 aliphatic heterocycles. The molecule has 19 heavy (non-hydrogen) atoms. The first-order valence-electron chi connectivity index (χ1n) is 6.43. The molecule has 1 aromatic carbocycles. The van der Waals surface area contributed by atoms with Gasteiger partial charge in [0.1, 0.15) is 12.7 Å². The van der Waals surface area contributed by atoms with Crippen LogP contribution in [0.15, 0.2) is 24.3 Å². The van der Waals surface area contributed by atoms with E-state index >= 15 is 0 Å². The van der Waals surface area contributed by atoms with E-state index in [1.807, 2.05) is 31.2 Å². The number of fused-ring (bicyclic) bond motifs is 1. The van der Waals surface area contributed by atoms with Crippen molar-refractivity contribution in [1.29, 1.82) is 0 Å². The zero-order chi connectivity index (χ0) is 13.9. The summed E-state index contributed by atoms with van der Waals surface area (Å²) in [6, 6.07) is 7.41. The van der Waals surface area contributed by atoms with E-state index in [0.717, 1.165) is 0 Å². The third kappa shape index (κ3) is 3.19. The van der Waals surface area contributed by atoms with Crippen LogP contribution in [-0.4, -0.2) is 44.3 Å². The highest BCUT2D eigenvalue weighted by atomic mass is 32.2. The van der Waals surface area contributed by atoms with Gasteiger partial charge < -0.3 is 9.47 Å². The van der Waals surface area contributed by atoms with Gasteiger partial charge in [0.15, 0.2) is 11.5 Å². The zero-order valence-corrected chi connectivity index (χ0v) is 12.0. The van der Waals surface area contributed by atoms with Crippen molar-refractivity contribution in [2.24, 2.45) is 0 Å². The van der Waals surface area contributed by atoms with Crippen LogP contribution in [0.1, 0.15) is 13.8 Å². The standard InChI is InChI=1S/C13H19NO4S/c1-3-14(19(15,16)4-2)9-11-10-17-12-7-5-6-8-13(12)18-11/h5-8,11H,3-4,9-10H2,1-2H3. The van der Waals surface area contributed by atoms with Gasteiger partial charge in [-0.1, -0.05) is 19.1 Å². The van der Waals surface area contributed by atoms with Crippen molar-refractivity contribution in [3.63, 3.8) is 0 Å². The molecule has 2 rings (SSSR count). The van der Waals surface area contributed by atoms with E-state index in [2.05, 4.69) is 0 Å². The van der Waals surface area contributed by atoms with E-state index in [4.69, 9.17) is 9.47 Å². The van der Waals surface area contributed by atoms with Gasteiger partial charge >= 0.3 is 0 Å². The van der Waals surface area contributed by atoms with Gasteiger partial charge in [0.05, 0.1) is 12.3 Å². The summed E-state index contributed by atoms with van der Waals surface area (Å²) in [5, 5.41) is 0. The molecule has 0 saturated heterocycles. The Bertz CT molecular complexity index is 529. The van der Waals surface area contributed by atoms with Crippen LogP contribution in [0.3, 0.4) is 0 Å². The number of rotatable bonds is 5. The molecule has 0 aliphatic carbocycles. The molecule has 0 saturated carbocycles. The lowest BCUT2D eigenvalue weighted by molar-refractivity contribution is 0.0771. The first kappa shape index (κ1) is 14.1. The average molecular weight is 285 g/mol. The summed E-state index contributed by atoms with van der Waals surface area (Å²) >= 11 is 0. The highest BCUT2D eigenvalue weighted by Crippen LogP contribution is 2.31. The second kappa shape index (κ2) is 5.79. The molecule has 0 fully saturated rings. The molecular formula is C13H19NO4S. The van der Waals surface area contributed by atoms with Gasteiger partial charge in [0.2, 0.25) is 10.0 Å². The van der Waals surface area contributed by atoms with Crippen molar-refractivity contribution in [2.75, 3.05) is 25.4 Å². The van der Waals surface area contributed by atoms with Crippen molar-refractivity contribution in [3.05, 3.63) is 24.3 Å². The third-order valence-electron chi connectivity index (χ3n) is 3.09. The quantitative estimate of drug-likeness (QED) is 0.822. The fraction of sp³-hybridized carbons (Fsp3) is 0.538. The summed E-state index contributed by atoms with van der Waals surface area (Å²) in [7, 11) is -3.19. The summed E-state index contributed by atoms with van der Waals surface area (Å²) in [6.07, 6.45) is -0.267. The molecule has 1 aromatic rings. The molecule has 106 valence electrons. The van der Waals surface area contributed by atoms with E-state index < -0.39 is 10.0 Å². The zero-order valence-electron chi connectivity index (χ0n) is 11.2. The molecule has 0 radical (unpaired) electrons. The van der Waals surface area contributed by atoms with Crippen LogP contribution in [0.4, 0.5) is 0 Å². The van der Waals surface area contributed by atoms with Crippen molar-refractivity contribution in [3.8, 4) is 11.5 Å². The summed E-state index contributed by atoms with van der Waals surface area (Å²) in [6.45, 7) is 4.60. The fourth-order valence-corrected chi connectivity index (χ4v) is 3.15. The SMILES string of the molecule is CCN(CC1COc2ccccc2O1)S(=O)(=O)CC. The van der Waals surface area contributed by atoms with Crippen LogP contribution in [0.2, 0.25) is 0 Å². The van der Waals surface area contributed by atoms with Crippen LogP contribution < -0.4 is 9.47 Å². The monoisotopic (exact) mass is 285 g/mol. The third-order valence-corrected chi connectivity index (χ3v) is 5.01. The van der Waals surface area contributed by atoms with Crippen molar-refractivity contribution < 1.29 is 17.9 Å². The molecule has 0 N–H and O–H groups in total. The van der Waals surface area contributed by atoms with Crippen LogP contribution in [-0.2, 0) is 10.0 Å². The predicted molar refractivity (Wildman–Crippen MR) is 73.1 cm³/mol. The van der Waals surface area contributed by atoms with Gasteiger partial charge in [-0.15, -0.1) is 0 Å². The summed E-state index contributed by atoms with van der Waals surface area (Å²) in [5.74, 6) is 1.48. The Kier molecular flexibility index (Phi) is 4.31. The molecule has 0 bridgehead atoms. The Morgan fingerprint density at radius 3 is 2.58 bits per heavy atom. The van der Waals surface area contributed by atoms with Crippen LogP contribution in [0, 0.1) is 0 Å². The van der Waals surface area contributed by atoms with Crippen LogP contribution in [0.5, 0.6) is 11.5 Å². The lowest BCUT2D eigenvalue weighted by atomic mass is 10.2. The number of sulfonamides is 1. The Labute approximate surface area is 114 Å². The van der Waals surface area contributed by atoms with E-state index in [9.17, 15) is 8.42 Å². The maximum Gasteiger partial charge on any atom is 0.213 e. The molecule has 0 amide bonds. The van der Waals surface area contributed by atoms with Crippen LogP contribution >= 0.6 is 0 Å². The molecule has 6 heteroatoms. The highest BCUT2D eigenvalue weighted by molar-refractivity contribution is 7.89. The normalized spacial score (nSPS) is 18.6. The number of para-hydroxylation sites is 2. The van der Waals surface area contributed by atoms with Crippen LogP contribution in [0.25, 0.3) is 0 Å². The number of hydrogen-bond donors (Lipinski definition) is 0. The lowest BCUT2D eigenvalue weighted by Crippen LogP contribution is -2.44. The second-order valence-corrected chi connectivity index (χ2v) is 6.61. The average Bonchev–Trinajstić information content (AvgIpc) is 2.44.